The number of nitrogens with one attached hydrogen (secondary N) is 1. The van der Waals surface area contributed by atoms with Gasteiger partial charge in [-0.15, -0.1) is 0 Å². The topological polar surface area (TPSA) is 44.8 Å². The van der Waals surface area contributed by atoms with Crippen LogP contribution >= 0.6 is 0 Å². The third-order valence-corrected chi connectivity index (χ3v) is 3.91. The largest absolute Gasteiger partial charge is 0.473 e. The first-order valence-electron chi connectivity index (χ1n) is 7.70. The molecule has 0 radical (unpaired) electrons. The zero-order valence-corrected chi connectivity index (χ0v) is 13.0. The molecule has 1 fully saturated rings. The number of piperazine rings is 1. The Hall–Kier alpha value is -1.75. The number of rotatable bonds is 5. The van der Waals surface area contributed by atoms with Crippen molar-refractivity contribution >= 4 is 6.03 Å². The number of carbonyl (C=O) groups excluding carboxylic acids is 1. The van der Waals surface area contributed by atoms with Crippen LogP contribution in [0.4, 0.5) is 4.79 Å². The van der Waals surface area contributed by atoms with E-state index in [1.165, 1.54) is 0 Å². The van der Waals surface area contributed by atoms with Crippen LogP contribution < -0.4 is 10.1 Å². The molecule has 1 aromatic rings. The predicted octanol–water partition coefficient (Wildman–Crippen LogP) is 1.93. The molecule has 0 unspecified atom stereocenters. The van der Waals surface area contributed by atoms with Crippen molar-refractivity contribution in [2.75, 3.05) is 39.5 Å². The standard InChI is InChI=1S/C16H25N3O2/c1-3-14-7-5-6-8-15(14)21-13-17-16(20)19-11-9-18(4-2)10-12-19/h5-8H,3-4,9-13H2,1-2H3,(H,17,20). The molecule has 1 heterocycles. The predicted molar refractivity (Wildman–Crippen MR) is 83.5 cm³/mol. The number of amides is 2. The summed E-state index contributed by atoms with van der Waals surface area (Å²) in [6.45, 7) is 8.96. The van der Waals surface area contributed by atoms with Gasteiger partial charge in [0.15, 0.2) is 6.73 Å². The van der Waals surface area contributed by atoms with Crippen LogP contribution in [0.1, 0.15) is 19.4 Å². The van der Waals surface area contributed by atoms with Crippen LogP contribution in [-0.4, -0.2) is 55.3 Å². The summed E-state index contributed by atoms with van der Waals surface area (Å²) in [5, 5.41) is 2.83. The lowest BCUT2D eigenvalue weighted by molar-refractivity contribution is 0.137. The molecule has 2 amide bonds. The number of likely N-dealkylation sites (N-methyl/N-ethyl adjacent to an activating group) is 1. The fourth-order valence-corrected chi connectivity index (χ4v) is 2.49. The van der Waals surface area contributed by atoms with Crippen molar-refractivity contribution in [3.05, 3.63) is 29.8 Å². The van der Waals surface area contributed by atoms with E-state index in [4.69, 9.17) is 4.74 Å². The summed E-state index contributed by atoms with van der Waals surface area (Å²) in [5.74, 6) is 0.844. The molecule has 0 atom stereocenters. The highest BCUT2D eigenvalue weighted by Gasteiger charge is 2.19. The smallest absolute Gasteiger partial charge is 0.320 e. The second-order valence-corrected chi connectivity index (χ2v) is 5.15. The molecular weight excluding hydrogens is 266 g/mol. The average Bonchev–Trinajstić information content (AvgIpc) is 2.55. The summed E-state index contributed by atoms with van der Waals surface area (Å²) in [4.78, 5) is 16.2. The number of hydrogen-bond acceptors (Lipinski definition) is 3. The van der Waals surface area contributed by atoms with Crippen molar-refractivity contribution < 1.29 is 9.53 Å². The molecular formula is C16H25N3O2. The van der Waals surface area contributed by atoms with E-state index in [1.54, 1.807) is 0 Å². The molecule has 0 spiro atoms. The van der Waals surface area contributed by atoms with Crippen molar-refractivity contribution in [2.24, 2.45) is 0 Å². The fraction of sp³-hybridized carbons (Fsp3) is 0.562. The first kappa shape index (κ1) is 15.6. The van der Waals surface area contributed by atoms with E-state index < -0.39 is 0 Å². The molecule has 0 aromatic heterocycles. The number of aryl methyl sites for hydroxylation is 1. The van der Waals surface area contributed by atoms with E-state index >= 15 is 0 Å². The van der Waals surface area contributed by atoms with E-state index in [-0.39, 0.29) is 12.8 Å². The Balaban J connectivity index is 1.74. The molecule has 0 saturated carbocycles. The van der Waals surface area contributed by atoms with Crippen LogP contribution in [0, 0.1) is 0 Å². The molecule has 5 heteroatoms. The van der Waals surface area contributed by atoms with Crippen molar-refractivity contribution in [3.8, 4) is 5.75 Å². The first-order valence-corrected chi connectivity index (χ1v) is 7.70. The normalized spacial score (nSPS) is 15.8. The third-order valence-electron chi connectivity index (χ3n) is 3.91. The summed E-state index contributed by atoms with van der Waals surface area (Å²) in [5.41, 5.74) is 1.16. The van der Waals surface area contributed by atoms with Gasteiger partial charge in [-0.1, -0.05) is 32.0 Å². The van der Waals surface area contributed by atoms with Gasteiger partial charge in [0.2, 0.25) is 0 Å². The number of ether oxygens (including phenoxy) is 1. The summed E-state index contributed by atoms with van der Waals surface area (Å²) < 4.78 is 5.66. The number of para-hydroxylation sites is 1. The number of benzene rings is 1. The highest BCUT2D eigenvalue weighted by Crippen LogP contribution is 2.17. The van der Waals surface area contributed by atoms with E-state index in [0.717, 1.165) is 50.5 Å². The van der Waals surface area contributed by atoms with Crippen molar-refractivity contribution in [1.82, 2.24) is 15.1 Å². The Morgan fingerprint density at radius 1 is 1.19 bits per heavy atom. The van der Waals surface area contributed by atoms with Gasteiger partial charge in [0, 0.05) is 26.2 Å². The van der Waals surface area contributed by atoms with Gasteiger partial charge in [0.1, 0.15) is 5.75 Å². The molecule has 1 N–H and O–H groups in total. The summed E-state index contributed by atoms with van der Waals surface area (Å²) >= 11 is 0. The second kappa shape index (κ2) is 7.88. The Morgan fingerprint density at radius 2 is 1.90 bits per heavy atom. The highest BCUT2D eigenvalue weighted by atomic mass is 16.5. The monoisotopic (exact) mass is 291 g/mol. The summed E-state index contributed by atoms with van der Waals surface area (Å²) in [6, 6.07) is 7.88. The van der Waals surface area contributed by atoms with Crippen LogP contribution in [0.3, 0.4) is 0 Å². The van der Waals surface area contributed by atoms with Gasteiger partial charge < -0.3 is 19.9 Å². The Morgan fingerprint density at radius 3 is 2.57 bits per heavy atom. The number of urea groups is 1. The van der Waals surface area contributed by atoms with Gasteiger partial charge in [0.05, 0.1) is 0 Å². The molecule has 1 saturated heterocycles. The highest BCUT2D eigenvalue weighted by molar-refractivity contribution is 5.74. The zero-order valence-electron chi connectivity index (χ0n) is 13.0. The van der Waals surface area contributed by atoms with E-state index in [1.807, 2.05) is 29.2 Å². The van der Waals surface area contributed by atoms with Gasteiger partial charge in [-0.3, -0.25) is 0 Å². The Kier molecular flexibility index (Phi) is 5.87. The molecule has 0 aliphatic carbocycles. The number of carbonyl (C=O) groups is 1. The Labute approximate surface area is 126 Å². The van der Waals surface area contributed by atoms with E-state index in [9.17, 15) is 4.79 Å². The van der Waals surface area contributed by atoms with Gasteiger partial charge in [-0.25, -0.2) is 4.79 Å². The van der Waals surface area contributed by atoms with E-state index in [2.05, 4.69) is 24.1 Å². The molecule has 1 aromatic carbocycles. The first-order chi connectivity index (χ1) is 10.2. The van der Waals surface area contributed by atoms with Gasteiger partial charge >= 0.3 is 6.03 Å². The molecule has 5 nitrogen and oxygen atoms in total. The SMILES string of the molecule is CCc1ccccc1OCNC(=O)N1CCN(CC)CC1. The van der Waals surface area contributed by atoms with E-state index in [0.29, 0.717) is 0 Å². The zero-order chi connectivity index (χ0) is 15.1. The quantitative estimate of drug-likeness (QED) is 0.843. The van der Waals surface area contributed by atoms with Crippen molar-refractivity contribution in [1.29, 1.82) is 0 Å². The van der Waals surface area contributed by atoms with Crippen LogP contribution in [0.5, 0.6) is 5.75 Å². The Bertz CT molecular complexity index is 457. The lowest BCUT2D eigenvalue weighted by Crippen LogP contribution is -2.52. The third kappa shape index (κ3) is 4.36. The molecule has 1 aliphatic heterocycles. The number of hydrogen-bond donors (Lipinski definition) is 1. The molecule has 116 valence electrons. The molecule has 21 heavy (non-hydrogen) atoms. The lowest BCUT2D eigenvalue weighted by Gasteiger charge is -2.33. The van der Waals surface area contributed by atoms with Crippen LogP contribution in [0.2, 0.25) is 0 Å². The average molecular weight is 291 g/mol. The minimum absolute atomic E-state index is 0.0419. The van der Waals surface area contributed by atoms with Crippen molar-refractivity contribution in [2.45, 2.75) is 20.3 Å². The fourth-order valence-electron chi connectivity index (χ4n) is 2.49. The van der Waals surface area contributed by atoms with Gasteiger partial charge in [-0.2, -0.15) is 0 Å². The molecule has 2 rings (SSSR count). The second-order valence-electron chi connectivity index (χ2n) is 5.15. The minimum Gasteiger partial charge on any atom is -0.473 e. The van der Waals surface area contributed by atoms with Crippen LogP contribution in [-0.2, 0) is 6.42 Å². The lowest BCUT2D eigenvalue weighted by atomic mass is 10.1. The minimum atomic E-state index is -0.0419. The van der Waals surface area contributed by atoms with Crippen molar-refractivity contribution in [3.63, 3.8) is 0 Å². The summed E-state index contributed by atoms with van der Waals surface area (Å²) in [7, 11) is 0. The maximum Gasteiger partial charge on any atom is 0.320 e. The number of nitrogens with zero attached hydrogens (tertiary/aromatic N) is 2. The molecule has 0 bridgehead atoms. The molecule has 1 aliphatic rings. The maximum atomic E-state index is 12.1. The summed E-state index contributed by atoms with van der Waals surface area (Å²) in [6.07, 6.45) is 0.920. The van der Waals surface area contributed by atoms with Crippen LogP contribution in [0.15, 0.2) is 24.3 Å². The van der Waals surface area contributed by atoms with Gasteiger partial charge in [0.25, 0.3) is 0 Å². The van der Waals surface area contributed by atoms with Gasteiger partial charge in [-0.05, 0) is 24.6 Å². The maximum absolute atomic E-state index is 12.1. The van der Waals surface area contributed by atoms with Crippen LogP contribution in [0.25, 0.3) is 0 Å².